The second-order valence-electron chi connectivity index (χ2n) is 2.53. The molecule has 0 radical (unpaired) electrons. The van der Waals surface area contributed by atoms with Gasteiger partial charge in [-0.2, -0.15) is 5.26 Å². The van der Waals surface area contributed by atoms with Crippen molar-refractivity contribution in [3.05, 3.63) is 0 Å². The molecule has 2 unspecified atom stereocenters. The molecule has 0 N–H and O–H groups in total. The van der Waals surface area contributed by atoms with Crippen LogP contribution in [-0.4, -0.2) is 5.78 Å². The monoisotopic (exact) mass is 123 g/mol. The van der Waals surface area contributed by atoms with Gasteiger partial charge in [-0.15, -0.1) is 0 Å². The van der Waals surface area contributed by atoms with Crippen molar-refractivity contribution in [2.24, 2.45) is 11.8 Å². The van der Waals surface area contributed by atoms with E-state index in [-0.39, 0.29) is 17.6 Å². The average molecular weight is 123 g/mol. The molecule has 0 aromatic heterocycles. The summed E-state index contributed by atoms with van der Waals surface area (Å²) < 4.78 is 0. The quantitative estimate of drug-likeness (QED) is 0.484. The second-order valence-corrected chi connectivity index (χ2v) is 2.53. The van der Waals surface area contributed by atoms with Gasteiger partial charge >= 0.3 is 0 Å². The molecule has 0 aliphatic heterocycles. The highest BCUT2D eigenvalue weighted by Crippen LogP contribution is 2.26. The van der Waals surface area contributed by atoms with E-state index in [1.165, 1.54) is 0 Å². The molecule has 0 amide bonds. The van der Waals surface area contributed by atoms with Crippen molar-refractivity contribution in [3.8, 4) is 6.07 Å². The Balaban J connectivity index is 2.64. The van der Waals surface area contributed by atoms with E-state index in [9.17, 15) is 4.79 Å². The van der Waals surface area contributed by atoms with E-state index in [0.29, 0.717) is 6.42 Å². The van der Waals surface area contributed by atoms with Gasteiger partial charge in [0.25, 0.3) is 0 Å². The third-order valence-electron chi connectivity index (χ3n) is 1.98. The summed E-state index contributed by atoms with van der Waals surface area (Å²) in [5, 5.41) is 8.45. The highest BCUT2D eigenvalue weighted by molar-refractivity contribution is 5.83. The highest BCUT2D eigenvalue weighted by Gasteiger charge is 2.30. The minimum atomic E-state index is -0.00463. The first-order valence-corrected chi connectivity index (χ1v) is 3.18. The summed E-state index contributed by atoms with van der Waals surface area (Å²) in [6.45, 7) is 1.84. The van der Waals surface area contributed by atoms with E-state index in [2.05, 4.69) is 6.07 Å². The SMILES string of the molecule is CC1C(=O)CCC1C#N. The molecule has 2 heteroatoms. The van der Waals surface area contributed by atoms with Gasteiger partial charge in [-0.1, -0.05) is 6.92 Å². The van der Waals surface area contributed by atoms with Crippen LogP contribution in [0.1, 0.15) is 19.8 Å². The molecule has 1 aliphatic carbocycles. The minimum Gasteiger partial charge on any atom is -0.299 e. The molecule has 2 atom stereocenters. The van der Waals surface area contributed by atoms with Gasteiger partial charge in [0.05, 0.1) is 12.0 Å². The Morgan fingerprint density at radius 1 is 1.78 bits per heavy atom. The van der Waals surface area contributed by atoms with Gasteiger partial charge < -0.3 is 0 Å². The van der Waals surface area contributed by atoms with Crippen molar-refractivity contribution < 1.29 is 4.79 Å². The van der Waals surface area contributed by atoms with Crippen molar-refractivity contribution in [1.29, 1.82) is 5.26 Å². The van der Waals surface area contributed by atoms with E-state index in [1.54, 1.807) is 0 Å². The van der Waals surface area contributed by atoms with Crippen LogP contribution in [0, 0.1) is 23.2 Å². The maximum atomic E-state index is 10.8. The Hall–Kier alpha value is -0.840. The average Bonchev–Trinajstić information content (AvgIpc) is 2.15. The zero-order valence-corrected chi connectivity index (χ0v) is 5.42. The van der Waals surface area contributed by atoms with Crippen LogP contribution in [-0.2, 0) is 4.79 Å². The predicted octanol–water partition coefficient (Wildman–Crippen LogP) is 1.13. The molecule has 0 heterocycles. The largest absolute Gasteiger partial charge is 0.299 e. The molecule has 0 bridgehead atoms. The number of ketones is 1. The molecule has 0 aromatic carbocycles. The molecule has 0 saturated heterocycles. The molecule has 2 nitrogen and oxygen atoms in total. The molecule has 1 aliphatic rings. The van der Waals surface area contributed by atoms with Crippen LogP contribution in [0.5, 0.6) is 0 Å². The second kappa shape index (κ2) is 2.18. The van der Waals surface area contributed by atoms with Gasteiger partial charge in [-0.05, 0) is 6.42 Å². The van der Waals surface area contributed by atoms with Gasteiger partial charge in [-0.3, -0.25) is 4.79 Å². The van der Waals surface area contributed by atoms with Gasteiger partial charge in [-0.25, -0.2) is 0 Å². The number of hydrogen-bond donors (Lipinski definition) is 0. The van der Waals surface area contributed by atoms with Crippen LogP contribution in [0.4, 0.5) is 0 Å². The zero-order chi connectivity index (χ0) is 6.85. The fraction of sp³-hybridized carbons (Fsp3) is 0.714. The predicted molar refractivity (Wildman–Crippen MR) is 32.5 cm³/mol. The number of hydrogen-bond acceptors (Lipinski definition) is 2. The summed E-state index contributed by atoms with van der Waals surface area (Å²) in [7, 11) is 0. The normalized spacial score (nSPS) is 34.4. The molecule has 9 heavy (non-hydrogen) atoms. The van der Waals surface area contributed by atoms with Crippen LogP contribution in [0.15, 0.2) is 0 Å². The first-order valence-electron chi connectivity index (χ1n) is 3.18. The Kier molecular flexibility index (Phi) is 1.52. The van der Waals surface area contributed by atoms with E-state index in [1.807, 2.05) is 6.92 Å². The van der Waals surface area contributed by atoms with E-state index >= 15 is 0 Å². The molecule has 0 aromatic rings. The lowest BCUT2D eigenvalue weighted by Crippen LogP contribution is -2.07. The van der Waals surface area contributed by atoms with Crippen LogP contribution in [0.2, 0.25) is 0 Å². The number of Topliss-reactive ketones (excluding diaryl/α,β-unsaturated/α-hetero) is 1. The molecular formula is C7H9NO. The maximum Gasteiger partial charge on any atom is 0.137 e. The van der Waals surface area contributed by atoms with Gasteiger partial charge in [0.15, 0.2) is 0 Å². The Labute approximate surface area is 54.5 Å². The van der Waals surface area contributed by atoms with Crippen LogP contribution in [0.25, 0.3) is 0 Å². The summed E-state index contributed by atoms with van der Waals surface area (Å²) >= 11 is 0. The highest BCUT2D eigenvalue weighted by atomic mass is 16.1. The lowest BCUT2D eigenvalue weighted by atomic mass is 10.00. The molecule has 1 saturated carbocycles. The fourth-order valence-electron chi connectivity index (χ4n) is 1.18. The third kappa shape index (κ3) is 0.951. The summed E-state index contributed by atoms with van der Waals surface area (Å²) in [4.78, 5) is 10.8. The zero-order valence-electron chi connectivity index (χ0n) is 5.42. The standard InChI is InChI=1S/C7H9NO/c1-5-6(4-8)2-3-7(5)9/h5-6H,2-3H2,1H3. The van der Waals surface area contributed by atoms with Crippen LogP contribution >= 0.6 is 0 Å². The maximum absolute atomic E-state index is 10.8. The Morgan fingerprint density at radius 3 is 2.67 bits per heavy atom. The van der Waals surface area contributed by atoms with Crippen molar-refractivity contribution in [2.75, 3.05) is 0 Å². The van der Waals surface area contributed by atoms with Gasteiger partial charge in [0.2, 0.25) is 0 Å². The van der Waals surface area contributed by atoms with Crippen molar-refractivity contribution in [2.45, 2.75) is 19.8 Å². The fourth-order valence-corrected chi connectivity index (χ4v) is 1.18. The number of carbonyl (C=O) groups excluding carboxylic acids is 1. The smallest absolute Gasteiger partial charge is 0.137 e. The van der Waals surface area contributed by atoms with Crippen LogP contribution in [0.3, 0.4) is 0 Å². The Bertz CT molecular complexity index is 168. The number of carbonyl (C=O) groups is 1. The summed E-state index contributed by atoms with van der Waals surface area (Å²) in [5.41, 5.74) is 0. The van der Waals surface area contributed by atoms with E-state index in [0.717, 1.165) is 6.42 Å². The van der Waals surface area contributed by atoms with Crippen LogP contribution < -0.4 is 0 Å². The molecule has 1 fully saturated rings. The molecule has 48 valence electrons. The lowest BCUT2D eigenvalue weighted by Gasteiger charge is -2.00. The van der Waals surface area contributed by atoms with Crippen molar-refractivity contribution in [1.82, 2.24) is 0 Å². The minimum absolute atomic E-state index is 0.00231. The number of nitriles is 1. The lowest BCUT2D eigenvalue weighted by molar-refractivity contribution is -0.120. The van der Waals surface area contributed by atoms with Crippen molar-refractivity contribution in [3.63, 3.8) is 0 Å². The first kappa shape index (κ1) is 6.28. The van der Waals surface area contributed by atoms with E-state index < -0.39 is 0 Å². The van der Waals surface area contributed by atoms with Gasteiger partial charge in [0.1, 0.15) is 5.78 Å². The van der Waals surface area contributed by atoms with Gasteiger partial charge in [0, 0.05) is 12.3 Å². The Morgan fingerprint density at radius 2 is 2.44 bits per heavy atom. The summed E-state index contributed by atoms with van der Waals surface area (Å²) in [6, 6.07) is 2.12. The molecular weight excluding hydrogens is 114 g/mol. The third-order valence-corrected chi connectivity index (χ3v) is 1.98. The number of rotatable bonds is 0. The summed E-state index contributed by atoms with van der Waals surface area (Å²) in [6.07, 6.45) is 1.38. The summed E-state index contributed by atoms with van der Waals surface area (Å²) in [5.74, 6) is 0.244. The molecule has 1 rings (SSSR count). The van der Waals surface area contributed by atoms with Crippen molar-refractivity contribution >= 4 is 5.78 Å². The van der Waals surface area contributed by atoms with E-state index in [4.69, 9.17) is 5.26 Å². The number of nitrogens with zero attached hydrogens (tertiary/aromatic N) is 1. The first-order chi connectivity index (χ1) is 4.25. The molecule has 0 spiro atoms. The topological polar surface area (TPSA) is 40.9 Å².